The average Bonchev–Trinajstić information content (AvgIpc) is 3.10. The maximum Gasteiger partial charge on any atom is 0.327 e. The van der Waals surface area contributed by atoms with Gasteiger partial charge in [0.25, 0.3) is 0 Å². The molecule has 10 heteroatoms. The normalized spacial score (nSPS) is 11.0. The van der Waals surface area contributed by atoms with Crippen molar-refractivity contribution in [3.63, 3.8) is 0 Å². The molecule has 3 aromatic heterocycles. The summed E-state index contributed by atoms with van der Waals surface area (Å²) >= 11 is 12.1. The Morgan fingerprint density at radius 3 is 2.83 bits per heavy atom. The Hall–Kier alpha value is -2.32. The highest BCUT2D eigenvalue weighted by molar-refractivity contribution is 6.41. The van der Waals surface area contributed by atoms with Crippen LogP contribution in [-0.2, 0) is 29.7 Å². The molecule has 0 radical (unpaired) electrons. The quantitative estimate of drug-likeness (QED) is 0.695. The minimum Gasteiger partial charge on any atom is -0.468 e. The molecule has 3 rings (SSSR count). The summed E-state index contributed by atoms with van der Waals surface area (Å²) in [4.78, 5) is 19.8. The van der Waals surface area contributed by atoms with Gasteiger partial charge in [-0.2, -0.15) is 5.10 Å². The predicted molar refractivity (Wildman–Crippen MR) is 90.1 cm³/mol. The topological polar surface area (TPSA) is 86.9 Å². The van der Waals surface area contributed by atoms with E-state index >= 15 is 0 Å². The van der Waals surface area contributed by atoms with Crippen LogP contribution in [0, 0.1) is 0 Å². The van der Waals surface area contributed by atoms with Crippen LogP contribution >= 0.6 is 23.2 Å². The summed E-state index contributed by atoms with van der Waals surface area (Å²) in [6, 6.07) is 1.79. The molecule has 3 aromatic rings. The number of ether oxygens (including phenoxy) is 1. The van der Waals surface area contributed by atoms with E-state index < -0.39 is 5.97 Å². The number of aromatic nitrogens is 5. The van der Waals surface area contributed by atoms with Gasteiger partial charge in [0, 0.05) is 12.7 Å². The van der Waals surface area contributed by atoms with Gasteiger partial charge in [0.15, 0.2) is 5.65 Å². The molecule has 0 atom stereocenters. The lowest BCUT2D eigenvalue weighted by atomic mass is 10.3. The molecule has 0 saturated heterocycles. The fraction of sp³-hybridized carbons (Fsp3) is 0.286. The van der Waals surface area contributed by atoms with Crippen molar-refractivity contribution < 1.29 is 9.53 Å². The number of hydrogen-bond acceptors (Lipinski definition) is 6. The highest BCUT2D eigenvalue weighted by Gasteiger charge is 2.14. The van der Waals surface area contributed by atoms with Crippen molar-refractivity contribution >= 4 is 46.0 Å². The summed E-state index contributed by atoms with van der Waals surface area (Å²) in [6.07, 6.45) is 3.01. The van der Waals surface area contributed by atoms with Crippen molar-refractivity contribution in [2.75, 3.05) is 12.4 Å². The van der Waals surface area contributed by atoms with Crippen LogP contribution in [0.5, 0.6) is 0 Å². The van der Waals surface area contributed by atoms with Crippen LogP contribution in [0.3, 0.4) is 0 Å². The van der Waals surface area contributed by atoms with Crippen LogP contribution < -0.4 is 5.32 Å². The van der Waals surface area contributed by atoms with Crippen LogP contribution in [0.2, 0.25) is 10.2 Å². The smallest absolute Gasteiger partial charge is 0.327 e. The van der Waals surface area contributed by atoms with E-state index in [1.807, 2.05) is 7.05 Å². The van der Waals surface area contributed by atoms with Crippen LogP contribution in [0.4, 0.5) is 5.82 Å². The Balaban J connectivity index is 1.85. The number of anilines is 1. The molecule has 3 heterocycles. The summed E-state index contributed by atoms with van der Waals surface area (Å²) in [6.45, 7) is 0.455. The third kappa shape index (κ3) is 3.02. The second-order valence-corrected chi connectivity index (χ2v) is 5.79. The fourth-order valence-electron chi connectivity index (χ4n) is 2.27. The van der Waals surface area contributed by atoms with Gasteiger partial charge < -0.3 is 14.6 Å². The Kier molecular flexibility index (Phi) is 4.59. The molecule has 0 bridgehead atoms. The largest absolute Gasteiger partial charge is 0.468 e. The maximum atomic E-state index is 11.4. The average molecular weight is 369 g/mol. The Bertz CT molecular complexity index is 904. The molecule has 0 aromatic carbocycles. The summed E-state index contributed by atoms with van der Waals surface area (Å²) in [5.41, 5.74) is 1.44. The van der Waals surface area contributed by atoms with Crippen molar-refractivity contribution in [3.8, 4) is 0 Å². The van der Waals surface area contributed by atoms with Gasteiger partial charge in [0.1, 0.15) is 23.8 Å². The minimum absolute atomic E-state index is 0.0144. The number of carbonyl (C=O) groups excluding carboxylic acids is 1. The van der Waals surface area contributed by atoms with E-state index in [2.05, 4.69) is 25.1 Å². The molecule has 0 amide bonds. The summed E-state index contributed by atoms with van der Waals surface area (Å²) in [5.74, 6) is 0.200. The number of carbonyl (C=O) groups is 1. The zero-order chi connectivity index (χ0) is 17.3. The highest BCUT2D eigenvalue weighted by Crippen LogP contribution is 2.26. The van der Waals surface area contributed by atoms with Gasteiger partial charge in [0.2, 0.25) is 0 Å². The van der Waals surface area contributed by atoms with Crippen molar-refractivity contribution in [1.82, 2.24) is 24.3 Å². The summed E-state index contributed by atoms with van der Waals surface area (Å²) < 4.78 is 7.90. The van der Waals surface area contributed by atoms with Gasteiger partial charge in [-0.15, -0.1) is 0 Å². The van der Waals surface area contributed by atoms with Gasteiger partial charge in [-0.3, -0.25) is 4.79 Å². The lowest BCUT2D eigenvalue weighted by Crippen LogP contribution is -2.13. The second kappa shape index (κ2) is 6.66. The molecule has 0 fully saturated rings. The van der Waals surface area contributed by atoms with Crippen molar-refractivity contribution in [2.45, 2.75) is 13.1 Å². The summed E-state index contributed by atoms with van der Waals surface area (Å²) in [5, 5.41) is 9.04. The van der Waals surface area contributed by atoms with E-state index in [0.29, 0.717) is 33.6 Å². The minimum atomic E-state index is -0.402. The Morgan fingerprint density at radius 1 is 1.38 bits per heavy atom. The van der Waals surface area contributed by atoms with Crippen LogP contribution in [0.1, 0.15) is 5.69 Å². The second-order valence-electron chi connectivity index (χ2n) is 5.02. The molecule has 8 nitrogen and oxygen atoms in total. The van der Waals surface area contributed by atoms with Crippen molar-refractivity contribution in [1.29, 1.82) is 0 Å². The molecular weight excluding hydrogens is 355 g/mol. The molecule has 0 aliphatic rings. The number of nitrogens with zero attached hydrogens (tertiary/aromatic N) is 5. The number of rotatable bonds is 5. The number of methoxy groups -OCH3 is 1. The van der Waals surface area contributed by atoms with E-state index in [1.54, 1.807) is 16.8 Å². The van der Waals surface area contributed by atoms with Crippen molar-refractivity contribution in [3.05, 3.63) is 34.5 Å². The molecule has 126 valence electrons. The molecule has 1 N–H and O–H groups in total. The number of fused-ring (bicyclic) bond motifs is 1. The molecule has 0 aliphatic carbocycles. The Morgan fingerprint density at radius 2 is 2.17 bits per heavy atom. The van der Waals surface area contributed by atoms with Crippen LogP contribution in [0.25, 0.3) is 11.0 Å². The molecular formula is C14H14Cl2N6O2. The first kappa shape index (κ1) is 16.5. The van der Waals surface area contributed by atoms with Gasteiger partial charge >= 0.3 is 5.97 Å². The highest BCUT2D eigenvalue weighted by atomic mass is 35.5. The monoisotopic (exact) mass is 368 g/mol. The van der Waals surface area contributed by atoms with E-state index in [0.717, 1.165) is 5.69 Å². The van der Waals surface area contributed by atoms with Gasteiger partial charge in [-0.25, -0.2) is 14.6 Å². The molecule has 0 spiro atoms. The number of hydrogen-bond donors (Lipinski definition) is 1. The first-order valence-corrected chi connectivity index (χ1v) is 7.73. The van der Waals surface area contributed by atoms with E-state index in [1.165, 1.54) is 18.1 Å². The predicted octanol–water partition coefficient (Wildman–Crippen LogP) is 2.26. The van der Waals surface area contributed by atoms with Gasteiger partial charge in [-0.05, 0) is 6.07 Å². The molecule has 0 saturated carbocycles. The first-order valence-electron chi connectivity index (χ1n) is 6.98. The Labute approximate surface area is 147 Å². The van der Waals surface area contributed by atoms with E-state index in [9.17, 15) is 4.79 Å². The van der Waals surface area contributed by atoms with Crippen LogP contribution in [0.15, 0.2) is 18.6 Å². The number of halogens is 2. The number of esters is 1. The van der Waals surface area contributed by atoms with Crippen LogP contribution in [-0.4, -0.2) is 37.4 Å². The first-order chi connectivity index (χ1) is 11.5. The standard InChI is InChI=1S/C14H14Cl2N6O2/c1-21-8(3-10(15)12(21)16)4-17-13-9-5-20-22(6-11(23)24-2)14(9)19-7-18-13/h3,5,7H,4,6H2,1-2H3,(H,17,18,19). The zero-order valence-electron chi connectivity index (χ0n) is 13.0. The third-order valence-electron chi connectivity index (χ3n) is 3.59. The van der Waals surface area contributed by atoms with E-state index in [4.69, 9.17) is 23.2 Å². The third-order valence-corrected chi connectivity index (χ3v) is 4.43. The van der Waals surface area contributed by atoms with Gasteiger partial charge in [-0.1, -0.05) is 23.2 Å². The maximum absolute atomic E-state index is 11.4. The molecule has 0 unspecified atom stereocenters. The van der Waals surface area contributed by atoms with Crippen molar-refractivity contribution in [2.24, 2.45) is 7.05 Å². The number of nitrogens with one attached hydrogen (secondary N) is 1. The summed E-state index contributed by atoms with van der Waals surface area (Å²) in [7, 11) is 3.15. The lowest BCUT2D eigenvalue weighted by Gasteiger charge is -2.08. The fourth-order valence-corrected chi connectivity index (χ4v) is 2.69. The lowest BCUT2D eigenvalue weighted by molar-refractivity contribution is -0.141. The van der Waals surface area contributed by atoms with E-state index in [-0.39, 0.29) is 6.54 Å². The molecule has 24 heavy (non-hydrogen) atoms. The SMILES string of the molecule is COC(=O)Cn1ncc2c(NCc3cc(Cl)c(Cl)n3C)ncnc21. The zero-order valence-corrected chi connectivity index (χ0v) is 14.5. The van der Waals surface area contributed by atoms with Gasteiger partial charge in [0.05, 0.1) is 30.3 Å². The molecule has 0 aliphatic heterocycles.